The lowest BCUT2D eigenvalue weighted by Gasteiger charge is -2.08. The molecule has 0 fully saturated rings. The molecule has 1 aromatic rings. The van der Waals surface area contributed by atoms with Crippen molar-refractivity contribution in [2.24, 2.45) is 5.73 Å². The molecule has 5 nitrogen and oxygen atoms in total. The van der Waals surface area contributed by atoms with Crippen LogP contribution in [-0.4, -0.2) is 28.5 Å². The highest BCUT2D eigenvalue weighted by Crippen LogP contribution is 1.91. The number of aromatic amines is 1. The van der Waals surface area contributed by atoms with E-state index in [-0.39, 0.29) is 5.91 Å². The van der Waals surface area contributed by atoms with E-state index in [1.54, 1.807) is 12.5 Å². The first-order valence-electron chi connectivity index (χ1n) is 4.74. The Bertz CT molecular complexity index is 270. The zero-order valence-corrected chi connectivity index (χ0v) is 8.29. The van der Waals surface area contributed by atoms with Crippen molar-refractivity contribution in [2.45, 2.75) is 25.8 Å². The molecule has 0 aromatic carbocycles. The predicted octanol–water partition coefficient (Wildman–Crippen LogP) is -0.194. The largest absolute Gasteiger partial charge is 0.354 e. The number of imidazole rings is 1. The van der Waals surface area contributed by atoms with Gasteiger partial charge in [-0.05, 0) is 6.42 Å². The third kappa shape index (κ3) is 3.18. The topological polar surface area (TPSA) is 83.8 Å². The fourth-order valence-electron chi connectivity index (χ4n) is 1.06. The van der Waals surface area contributed by atoms with Gasteiger partial charge in [-0.3, -0.25) is 4.79 Å². The van der Waals surface area contributed by atoms with Gasteiger partial charge in [0.25, 0.3) is 0 Å². The Morgan fingerprint density at radius 1 is 1.79 bits per heavy atom. The number of H-pyrrole nitrogens is 1. The van der Waals surface area contributed by atoms with Crippen LogP contribution in [0, 0.1) is 0 Å². The van der Waals surface area contributed by atoms with Gasteiger partial charge in [-0.1, -0.05) is 6.92 Å². The van der Waals surface area contributed by atoms with E-state index >= 15 is 0 Å². The van der Waals surface area contributed by atoms with E-state index in [1.807, 2.05) is 6.92 Å². The number of carbonyl (C=O) groups is 1. The Kier molecular flexibility index (Phi) is 4.12. The van der Waals surface area contributed by atoms with Crippen LogP contribution in [0.1, 0.15) is 19.0 Å². The van der Waals surface area contributed by atoms with E-state index < -0.39 is 6.04 Å². The molecule has 5 heteroatoms. The average molecular weight is 196 g/mol. The first-order valence-corrected chi connectivity index (χ1v) is 4.74. The maximum absolute atomic E-state index is 11.2. The van der Waals surface area contributed by atoms with Gasteiger partial charge < -0.3 is 16.0 Å². The number of carbonyl (C=O) groups excluding carboxylic acids is 1. The van der Waals surface area contributed by atoms with Gasteiger partial charge in [0.2, 0.25) is 5.91 Å². The van der Waals surface area contributed by atoms with E-state index in [4.69, 9.17) is 5.73 Å². The lowest BCUT2D eigenvalue weighted by molar-refractivity contribution is -0.122. The monoisotopic (exact) mass is 196 g/mol. The third-order valence-corrected chi connectivity index (χ3v) is 2.03. The van der Waals surface area contributed by atoms with Gasteiger partial charge in [0.1, 0.15) is 0 Å². The molecule has 0 spiro atoms. The smallest absolute Gasteiger partial charge is 0.236 e. The summed E-state index contributed by atoms with van der Waals surface area (Å²) in [6.07, 6.45) is 4.78. The standard InChI is InChI=1S/C9H16N4O/c1-2-8(10)9(14)12-4-3-7-5-11-6-13-7/h5-6,8H,2-4,10H2,1H3,(H,11,13)(H,12,14)/t8-/m0/s1. The molecule has 4 N–H and O–H groups in total. The van der Waals surface area contributed by atoms with Gasteiger partial charge >= 0.3 is 0 Å². The van der Waals surface area contributed by atoms with Gasteiger partial charge in [0.15, 0.2) is 0 Å². The molecule has 1 amide bonds. The summed E-state index contributed by atoms with van der Waals surface area (Å²) in [4.78, 5) is 18.1. The van der Waals surface area contributed by atoms with Crippen molar-refractivity contribution in [3.05, 3.63) is 18.2 Å². The lowest BCUT2D eigenvalue weighted by atomic mass is 10.2. The van der Waals surface area contributed by atoms with Crippen LogP contribution in [0.4, 0.5) is 0 Å². The Morgan fingerprint density at radius 2 is 2.57 bits per heavy atom. The SMILES string of the molecule is CC[C@H](N)C(=O)NCCc1cnc[nH]1. The van der Waals surface area contributed by atoms with E-state index in [2.05, 4.69) is 15.3 Å². The third-order valence-electron chi connectivity index (χ3n) is 2.03. The molecule has 0 saturated carbocycles. The minimum atomic E-state index is -0.392. The van der Waals surface area contributed by atoms with E-state index in [9.17, 15) is 4.79 Å². The normalized spacial score (nSPS) is 12.4. The van der Waals surface area contributed by atoms with Crippen molar-refractivity contribution >= 4 is 5.91 Å². The molecule has 0 saturated heterocycles. The fraction of sp³-hybridized carbons (Fsp3) is 0.556. The number of nitrogens with zero attached hydrogens (tertiary/aromatic N) is 1. The van der Waals surface area contributed by atoms with E-state index in [0.717, 1.165) is 12.1 Å². The number of aromatic nitrogens is 2. The van der Waals surface area contributed by atoms with Crippen LogP contribution in [0.15, 0.2) is 12.5 Å². The van der Waals surface area contributed by atoms with Crippen LogP contribution >= 0.6 is 0 Å². The van der Waals surface area contributed by atoms with Crippen LogP contribution in [0.2, 0.25) is 0 Å². The van der Waals surface area contributed by atoms with Gasteiger partial charge in [-0.2, -0.15) is 0 Å². The quantitative estimate of drug-likeness (QED) is 0.610. The molecule has 0 aliphatic rings. The molecule has 14 heavy (non-hydrogen) atoms. The maximum Gasteiger partial charge on any atom is 0.236 e. The summed E-state index contributed by atoms with van der Waals surface area (Å²) in [5.74, 6) is -0.0907. The van der Waals surface area contributed by atoms with Crippen molar-refractivity contribution < 1.29 is 4.79 Å². The molecule has 1 rings (SSSR count). The Morgan fingerprint density at radius 3 is 3.14 bits per heavy atom. The predicted molar refractivity (Wildman–Crippen MR) is 53.6 cm³/mol. The van der Waals surface area contributed by atoms with Crippen molar-refractivity contribution in [2.75, 3.05) is 6.54 Å². The highest BCUT2D eigenvalue weighted by atomic mass is 16.2. The summed E-state index contributed by atoms with van der Waals surface area (Å²) >= 11 is 0. The van der Waals surface area contributed by atoms with Gasteiger partial charge in [-0.15, -0.1) is 0 Å². The highest BCUT2D eigenvalue weighted by Gasteiger charge is 2.09. The van der Waals surface area contributed by atoms with Crippen LogP contribution in [0.5, 0.6) is 0 Å². The molecule has 78 valence electrons. The highest BCUT2D eigenvalue weighted by molar-refractivity contribution is 5.81. The molecule has 0 aliphatic heterocycles. The Labute approximate surface area is 83.1 Å². The van der Waals surface area contributed by atoms with Crippen LogP contribution < -0.4 is 11.1 Å². The van der Waals surface area contributed by atoms with Crippen LogP contribution in [0.3, 0.4) is 0 Å². The zero-order chi connectivity index (χ0) is 10.4. The number of nitrogens with one attached hydrogen (secondary N) is 2. The molecule has 1 atom stereocenters. The van der Waals surface area contributed by atoms with Crippen molar-refractivity contribution in [3.8, 4) is 0 Å². The van der Waals surface area contributed by atoms with E-state index in [0.29, 0.717) is 13.0 Å². The Balaban J connectivity index is 2.18. The van der Waals surface area contributed by atoms with Crippen molar-refractivity contribution in [1.82, 2.24) is 15.3 Å². The van der Waals surface area contributed by atoms with E-state index in [1.165, 1.54) is 0 Å². The molecule has 0 unspecified atom stereocenters. The number of rotatable bonds is 5. The van der Waals surface area contributed by atoms with Gasteiger partial charge in [0, 0.05) is 24.9 Å². The summed E-state index contributed by atoms with van der Waals surface area (Å²) in [5.41, 5.74) is 6.55. The fourth-order valence-corrected chi connectivity index (χ4v) is 1.06. The molecule has 0 radical (unpaired) electrons. The summed E-state index contributed by atoms with van der Waals surface area (Å²) in [6.45, 7) is 2.48. The molecule has 1 aromatic heterocycles. The second-order valence-corrected chi connectivity index (χ2v) is 3.13. The number of hydrogen-bond acceptors (Lipinski definition) is 3. The van der Waals surface area contributed by atoms with Crippen LogP contribution in [0.25, 0.3) is 0 Å². The second-order valence-electron chi connectivity index (χ2n) is 3.13. The summed E-state index contributed by atoms with van der Waals surface area (Å²) in [5, 5.41) is 2.76. The van der Waals surface area contributed by atoms with Crippen LogP contribution in [-0.2, 0) is 11.2 Å². The van der Waals surface area contributed by atoms with Crippen molar-refractivity contribution in [3.63, 3.8) is 0 Å². The average Bonchev–Trinajstić information content (AvgIpc) is 2.69. The molecular weight excluding hydrogens is 180 g/mol. The molecule has 0 aliphatic carbocycles. The lowest BCUT2D eigenvalue weighted by Crippen LogP contribution is -2.40. The first kappa shape index (κ1) is 10.7. The summed E-state index contributed by atoms with van der Waals surface area (Å²) in [7, 11) is 0. The maximum atomic E-state index is 11.2. The number of amides is 1. The molecule has 0 bridgehead atoms. The summed E-state index contributed by atoms with van der Waals surface area (Å²) in [6, 6.07) is -0.392. The Hall–Kier alpha value is -1.36. The van der Waals surface area contributed by atoms with Crippen molar-refractivity contribution in [1.29, 1.82) is 0 Å². The van der Waals surface area contributed by atoms with Gasteiger partial charge in [0.05, 0.1) is 12.4 Å². The van der Waals surface area contributed by atoms with Gasteiger partial charge in [-0.25, -0.2) is 4.98 Å². The number of hydrogen-bond donors (Lipinski definition) is 3. The number of nitrogens with two attached hydrogens (primary N) is 1. The molecular formula is C9H16N4O. The minimum absolute atomic E-state index is 0.0907. The first-order chi connectivity index (χ1) is 6.74. The summed E-state index contributed by atoms with van der Waals surface area (Å²) < 4.78 is 0. The zero-order valence-electron chi connectivity index (χ0n) is 8.29. The second kappa shape index (κ2) is 5.39. The molecule has 1 heterocycles. The minimum Gasteiger partial charge on any atom is -0.354 e.